The highest BCUT2D eigenvalue weighted by atomic mass is 35.5. The van der Waals surface area contributed by atoms with E-state index in [9.17, 15) is 14.7 Å². The highest BCUT2D eigenvalue weighted by Gasteiger charge is 2.28. The number of carbonyl (C=O) groups is 2. The van der Waals surface area contributed by atoms with Gasteiger partial charge < -0.3 is 10.4 Å². The molecule has 0 atom stereocenters. The summed E-state index contributed by atoms with van der Waals surface area (Å²) in [6.45, 7) is 1.54. The molecule has 1 aromatic rings. The van der Waals surface area contributed by atoms with Crippen LogP contribution in [0.5, 0.6) is 5.75 Å². The van der Waals surface area contributed by atoms with Gasteiger partial charge in [-0.2, -0.15) is 0 Å². The summed E-state index contributed by atoms with van der Waals surface area (Å²) in [5, 5.41) is 12.1. The van der Waals surface area contributed by atoms with E-state index in [2.05, 4.69) is 10.3 Å². The van der Waals surface area contributed by atoms with Crippen LogP contribution in [0.25, 0.3) is 6.08 Å². The van der Waals surface area contributed by atoms with E-state index in [4.69, 9.17) is 23.2 Å². The van der Waals surface area contributed by atoms with Crippen LogP contribution in [0.2, 0.25) is 10.0 Å². The first-order chi connectivity index (χ1) is 10.3. The lowest BCUT2D eigenvalue weighted by Gasteiger charge is -2.14. The Labute approximate surface area is 137 Å². The number of halogens is 2. The van der Waals surface area contributed by atoms with Crippen molar-refractivity contribution in [2.75, 3.05) is 13.6 Å². The molecule has 0 aromatic heterocycles. The lowest BCUT2D eigenvalue weighted by molar-refractivity contribution is -0.128. The summed E-state index contributed by atoms with van der Waals surface area (Å²) in [5.41, 5.74) is 0.689. The molecule has 1 aromatic carbocycles. The van der Waals surface area contributed by atoms with Crippen molar-refractivity contribution >= 4 is 46.9 Å². The van der Waals surface area contributed by atoms with Crippen molar-refractivity contribution in [3.63, 3.8) is 0 Å². The third kappa shape index (κ3) is 3.23. The number of carbonyl (C=O) groups excluding carboxylic acids is 2. The Morgan fingerprint density at radius 3 is 2.55 bits per heavy atom. The number of benzene rings is 1. The summed E-state index contributed by atoms with van der Waals surface area (Å²) < 4.78 is 0. The summed E-state index contributed by atoms with van der Waals surface area (Å²) >= 11 is 11.7. The van der Waals surface area contributed by atoms with E-state index in [1.165, 1.54) is 30.2 Å². The average Bonchev–Trinajstić information content (AvgIpc) is 2.72. The minimum absolute atomic E-state index is 0.0766. The van der Waals surface area contributed by atoms with Gasteiger partial charge in [-0.25, -0.2) is 4.99 Å². The van der Waals surface area contributed by atoms with Crippen LogP contribution in [0.15, 0.2) is 22.8 Å². The van der Waals surface area contributed by atoms with Crippen LogP contribution in [-0.2, 0) is 9.59 Å². The predicted molar refractivity (Wildman–Crippen MR) is 85.0 cm³/mol. The van der Waals surface area contributed by atoms with E-state index in [0.717, 1.165) is 0 Å². The van der Waals surface area contributed by atoms with E-state index in [1.807, 2.05) is 0 Å². The van der Waals surface area contributed by atoms with Crippen molar-refractivity contribution in [2.24, 2.45) is 4.99 Å². The Morgan fingerprint density at radius 2 is 2.00 bits per heavy atom. The van der Waals surface area contributed by atoms with E-state index < -0.39 is 0 Å². The van der Waals surface area contributed by atoms with Crippen LogP contribution in [0, 0.1) is 0 Å². The van der Waals surface area contributed by atoms with Crippen LogP contribution in [-0.4, -0.2) is 41.2 Å². The van der Waals surface area contributed by atoms with Gasteiger partial charge in [0.05, 0.1) is 10.0 Å². The Morgan fingerprint density at radius 1 is 1.41 bits per heavy atom. The molecule has 1 heterocycles. The summed E-state index contributed by atoms with van der Waals surface area (Å²) in [7, 11) is 1.49. The maximum atomic E-state index is 12.3. The van der Waals surface area contributed by atoms with Gasteiger partial charge in [0, 0.05) is 7.05 Å². The standard InChI is InChI=1S/C14H13Cl2N3O3/c1-7-18-11(14(22)19(7)6-12(20)17-2)5-8-3-9(15)13(21)10(16)4-8/h3-5,21H,6H2,1-2H3,(H,17,20)/b11-5-. The molecule has 0 unspecified atom stereocenters. The number of amides is 2. The van der Waals surface area contributed by atoms with E-state index in [0.29, 0.717) is 11.4 Å². The number of amidine groups is 1. The number of phenolic OH excluding ortho intramolecular Hbond substituents is 1. The van der Waals surface area contributed by atoms with Crippen LogP contribution in [0.1, 0.15) is 12.5 Å². The van der Waals surface area contributed by atoms with Gasteiger partial charge in [0.2, 0.25) is 5.91 Å². The molecule has 0 aliphatic carbocycles. The number of aromatic hydroxyl groups is 1. The first-order valence-electron chi connectivity index (χ1n) is 6.31. The van der Waals surface area contributed by atoms with Gasteiger partial charge in [0.25, 0.3) is 5.91 Å². The number of hydrogen-bond acceptors (Lipinski definition) is 4. The van der Waals surface area contributed by atoms with Gasteiger partial charge in [-0.05, 0) is 30.7 Å². The Kier molecular flexibility index (Phi) is 4.73. The van der Waals surface area contributed by atoms with Gasteiger partial charge in [-0.15, -0.1) is 0 Å². The van der Waals surface area contributed by atoms with Crippen molar-refractivity contribution in [2.45, 2.75) is 6.92 Å². The minimum Gasteiger partial charge on any atom is -0.505 e. The zero-order valence-electron chi connectivity index (χ0n) is 11.9. The molecule has 0 fully saturated rings. The lowest BCUT2D eigenvalue weighted by atomic mass is 10.2. The molecule has 6 nitrogen and oxygen atoms in total. The first-order valence-corrected chi connectivity index (χ1v) is 7.06. The summed E-state index contributed by atoms with van der Waals surface area (Å²) in [4.78, 5) is 29.1. The largest absolute Gasteiger partial charge is 0.505 e. The Bertz CT molecular complexity index is 690. The zero-order valence-corrected chi connectivity index (χ0v) is 13.4. The number of aliphatic imine (C=N–C) groups is 1. The van der Waals surface area contributed by atoms with Crippen molar-refractivity contribution in [1.82, 2.24) is 10.2 Å². The molecule has 22 heavy (non-hydrogen) atoms. The molecule has 2 N–H and O–H groups in total. The smallest absolute Gasteiger partial charge is 0.278 e. The average molecular weight is 342 g/mol. The molecular formula is C14H13Cl2N3O3. The molecule has 0 bridgehead atoms. The van der Waals surface area contributed by atoms with Gasteiger partial charge in [-0.1, -0.05) is 23.2 Å². The monoisotopic (exact) mass is 341 g/mol. The fourth-order valence-electron chi connectivity index (χ4n) is 1.90. The summed E-state index contributed by atoms with van der Waals surface area (Å²) in [5.74, 6) is -0.471. The molecule has 2 amide bonds. The SMILES string of the molecule is CNC(=O)CN1C(=O)/C(=C/c2cc(Cl)c(O)c(Cl)c2)N=C1C. The quantitative estimate of drug-likeness (QED) is 0.825. The molecule has 1 aliphatic rings. The molecule has 1 aliphatic heterocycles. The normalized spacial score (nSPS) is 16.2. The van der Waals surface area contributed by atoms with Gasteiger partial charge in [0.1, 0.15) is 18.1 Å². The van der Waals surface area contributed by atoms with Crippen molar-refractivity contribution in [1.29, 1.82) is 0 Å². The van der Waals surface area contributed by atoms with Gasteiger partial charge in [0.15, 0.2) is 5.75 Å². The summed E-state index contributed by atoms with van der Waals surface area (Å²) in [6, 6.07) is 2.94. The molecule has 0 saturated heterocycles. The molecule has 116 valence electrons. The van der Waals surface area contributed by atoms with E-state index >= 15 is 0 Å². The number of rotatable bonds is 3. The fourth-order valence-corrected chi connectivity index (χ4v) is 2.40. The second-order valence-electron chi connectivity index (χ2n) is 4.59. The van der Waals surface area contributed by atoms with E-state index in [1.54, 1.807) is 6.92 Å². The molecule has 0 radical (unpaired) electrons. The number of likely N-dealkylation sites (N-methyl/N-ethyl adjacent to an activating group) is 1. The van der Waals surface area contributed by atoms with Crippen molar-refractivity contribution in [3.05, 3.63) is 33.4 Å². The zero-order chi connectivity index (χ0) is 16.4. The maximum Gasteiger partial charge on any atom is 0.278 e. The van der Waals surface area contributed by atoms with Crippen LogP contribution in [0.4, 0.5) is 0 Å². The minimum atomic E-state index is -0.388. The number of phenols is 1. The highest BCUT2D eigenvalue weighted by Crippen LogP contribution is 2.33. The van der Waals surface area contributed by atoms with E-state index in [-0.39, 0.29) is 39.9 Å². The molecule has 0 saturated carbocycles. The summed E-state index contributed by atoms with van der Waals surface area (Å²) in [6.07, 6.45) is 1.49. The number of hydrogen-bond donors (Lipinski definition) is 2. The third-order valence-corrected chi connectivity index (χ3v) is 3.64. The fraction of sp³-hybridized carbons (Fsp3) is 0.214. The highest BCUT2D eigenvalue weighted by molar-refractivity contribution is 6.37. The molecule has 8 heteroatoms. The topological polar surface area (TPSA) is 82.0 Å². The van der Waals surface area contributed by atoms with Crippen LogP contribution >= 0.6 is 23.2 Å². The number of nitrogens with zero attached hydrogens (tertiary/aromatic N) is 2. The Hall–Kier alpha value is -2.05. The first kappa shape index (κ1) is 16.3. The van der Waals surface area contributed by atoms with Crippen LogP contribution < -0.4 is 5.32 Å². The second-order valence-corrected chi connectivity index (χ2v) is 5.40. The molecular weight excluding hydrogens is 329 g/mol. The van der Waals surface area contributed by atoms with Crippen molar-refractivity contribution in [3.8, 4) is 5.75 Å². The number of nitrogens with one attached hydrogen (secondary N) is 1. The lowest BCUT2D eigenvalue weighted by Crippen LogP contribution is -2.39. The maximum absolute atomic E-state index is 12.3. The van der Waals surface area contributed by atoms with Crippen LogP contribution in [0.3, 0.4) is 0 Å². The Balaban J connectivity index is 2.31. The predicted octanol–water partition coefficient (Wildman–Crippen LogP) is 2.05. The van der Waals surface area contributed by atoms with Crippen molar-refractivity contribution < 1.29 is 14.7 Å². The van der Waals surface area contributed by atoms with Gasteiger partial charge >= 0.3 is 0 Å². The molecule has 0 spiro atoms. The van der Waals surface area contributed by atoms with Gasteiger partial charge in [-0.3, -0.25) is 14.5 Å². The molecule has 2 rings (SSSR count). The second kappa shape index (κ2) is 6.37. The third-order valence-electron chi connectivity index (χ3n) is 3.06.